The molecule has 0 spiro atoms. The van der Waals surface area contributed by atoms with Gasteiger partial charge in [0.2, 0.25) is 0 Å². The van der Waals surface area contributed by atoms with Gasteiger partial charge in [-0.3, -0.25) is 0 Å². The summed E-state index contributed by atoms with van der Waals surface area (Å²) in [5.74, 6) is 0.308. The molecule has 3 N–H and O–H groups in total. The smallest absolute Gasteiger partial charge is 0.179 e. The van der Waals surface area contributed by atoms with Crippen molar-refractivity contribution in [1.82, 2.24) is 4.98 Å². The predicted octanol–water partition coefficient (Wildman–Crippen LogP) is -0.129. The van der Waals surface area contributed by atoms with Crippen LogP contribution in [0, 0.1) is 0 Å². The molecule has 1 aromatic heterocycles. The van der Waals surface area contributed by atoms with Crippen LogP contribution in [0.15, 0.2) is 23.2 Å². The molecule has 0 saturated carbocycles. The summed E-state index contributed by atoms with van der Waals surface area (Å²) in [7, 11) is -1.75. The average molecular weight is 259 g/mol. The molecule has 0 aliphatic rings. The maximum Gasteiger partial charge on any atom is 0.179 e. The highest BCUT2D eigenvalue weighted by Crippen LogP contribution is 2.18. The zero-order valence-corrected chi connectivity index (χ0v) is 10.7. The van der Waals surface area contributed by atoms with Crippen molar-refractivity contribution in [2.24, 2.45) is 5.73 Å². The van der Waals surface area contributed by atoms with Crippen LogP contribution >= 0.6 is 0 Å². The van der Waals surface area contributed by atoms with E-state index in [0.717, 1.165) is 6.26 Å². The van der Waals surface area contributed by atoms with Crippen LogP contribution in [0.1, 0.15) is 0 Å². The van der Waals surface area contributed by atoms with Crippen molar-refractivity contribution in [1.29, 1.82) is 0 Å². The van der Waals surface area contributed by atoms with Crippen LogP contribution in [-0.2, 0) is 14.6 Å². The van der Waals surface area contributed by atoms with Gasteiger partial charge < -0.3 is 15.8 Å². The number of pyridine rings is 1. The van der Waals surface area contributed by atoms with E-state index in [9.17, 15) is 8.42 Å². The number of rotatable bonds is 6. The molecule has 0 aromatic carbocycles. The average Bonchev–Trinajstić information content (AvgIpc) is 2.27. The normalized spacial score (nSPS) is 13.4. The molecule has 0 amide bonds. The van der Waals surface area contributed by atoms with Gasteiger partial charge in [0.1, 0.15) is 10.7 Å². The highest BCUT2D eigenvalue weighted by Gasteiger charge is 2.16. The minimum atomic E-state index is -3.31. The highest BCUT2D eigenvalue weighted by molar-refractivity contribution is 7.90. The van der Waals surface area contributed by atoms with Crippen LogP contribution in [0.2, 0.25) is 0 Å². The fourth-order valence-corrected chi connectivity index (χ4v) is 2.15. The molecule has 0 radical (unpaired) electrons. The van der Waals surface area contributed by atoms with Gasteiger partial charge in [-0.1, -0.05) is 0 Å². The molecule has 1 unspecified atom stereocenters. The largest absolute Gasteiger partial charge is 0.383 e. The molecule has 0 aliphatic heterocycles. The maximum absolute atomic E-state index is 11.5. The summed E-state index contributed by atoms with van der Waals surface area (Å²) in [6, 6.07) is 2.91. The second-order valence-electron chi connectivity index (χ2n) is 3.65. The van der Waals surface area contributed by atoms with E-state index in [4.69, 9.17) is 10.5 Å². The fourth-order valence-electron chi connectivity index (χ4n) is 1.36. The van der Waals surface area contributed by atoms with E-state index in [1.54, 1.807) is 13.2 Å². The number of nitrogens with one attached hydrogen (secondary N) is 1. The zero-order valence-electron chi connectivity index (χ0n) is 9.88. The van der Waals surface area contributed by atoms with Crippen LogP contribution in [0.25, 0.3) is 0 Å². The van der Waals surface area contributed by atoms with E-state index < -0.39 is 9.84 Å². The number of sulfone groups is 1. The monoisotopic (exact) mass is 259 g/mol. The van der Waals surface area contributed by atoms with Gasteiger partial charge in [0, 0.05) is 26.1 Å². The zero-order chi connectivity index (χ0) is 12.9. The Bertz CT molecular complexity index is 462. The molecular formula is C10H17N3O3S. The van der Waals surface area contributed by atoms with Crippen molar-refractivity contribution >= 4 is 15.7 Å². The van der Waals surface area contributed by atoms with Crippen LogP contribution in [0.4, 0.5) is 5.82 Å². The summed E-state index contributed by atoms with van der Waals surface area (Å²) < 4.78 is 28.1. The van der Waals surface area contributed by atoms with Crippen molar-refractivity contribution in [3.8, 4) is 0 Å². The van der Waals surface area contributed by atoms with Crippen LogP contribution in [0.3, 0.4) is 0 Å². The highest BCUT2D eigenvalue weighted by atomic mass is 32.2. The third kappa shape index (κ3) is 3.95. The van der Waals surface area contributed by atoms with Gasteiger partial charge in [-0.05, 0) is 12.1 Å². The van der Waals surface area contributed by atoms with Gasteiger partial charge in [-0.15, -0.1) is 0 Å². The second-order valence-corrected chi connectivity index (χ2v) is 5.64. The summed E-state index contributed by atoms with van der Waals surface area (Å²) >= 11 is 0. The molecule has 0 saturated heterocycles. The predicted molar refractivity (Wildman–Crippen MR) is 65.7 cm³/mol. The molecule has 0 aliphatic carbocycles. The van der Waals surface area contributed by atoms with Crippen molar-refractivity contribution in [3.05, 3.63) is 18.3 Å². The molecule has 0 fully saturated rings. The lowest BCUT2D eigenvalue weighted by Crippen LogP contribution is -2.33. The summed E-state index contributed by atoms with van der Waals surface area (Å²) in [6.07, 6.45) is 2.67. The van der Waals surface area contributed by atoms with Crippen LogP contribution in [-0.4, -0.2) is 46.0 Å². The molecular weight excluding hydrogens is 242 g/mol. The second kappa shape index (κ2) is 5.95. The van der Waals surface area contributed by atoms with Crippen molar-refractivity contribution in [2.75, 3.05) is 31.8 Å². The summed E-state index contributed by atoms with van der Waals surface area (Å²) in [5, 5.41) is 2.96. The number of aromatic nitrogens is 1. The molecule has 1 atom stereocenters. The Labute approximate surface area is 101 Å². The number of hydrogen-bond donors (Lipinski definition) is 2. The minimum Gasteiger partial charge on any atom is -0.383 e. The lowest BCUT2D eigenvalue weighted by molar-refractivity contribution is 0.187. The first kappa shape index (κ1) is 13.9. The Balaban J connectivity index is 2.98. The number of methoxy groups -OCH3 is 1. The summed E-state index contributed by atoms with van der Waals surface area (Å²) in [5.41, 5.74) is 5.55. The SMILES string of the molecule is COCC(CN)Nc1ncccc1S(C)(=O)=O. The maximum atomic E-state index is 11.5. The third-order valence-corrected chi connectivity index (χ3v) is 3.29. The van der Waals surface area contributed by atoms with E-state index in [1.165, 1.54) is 12.3 Å². The van der Waals surface area contributed by atoms with Crippen molar-refractivity contribution < 1.29 is 13.2 Å². The molecule has 6 nitrogen and oxygen atoms in total. The Morgan fingerprint density at radius 1 is 1.59 bits per heavy atom. The van der Waals surface area contributed by atoms with E-state index in [1.807, 2.05) is 0 Å². The fraction of sp³-hybridized carbons (Fsp3) is 0.500. The Hall–Kier alpha value is -1.18. The molecule has 7 heteroatoms. The number of nitrogens with zero attached hydrogens (tertiary/aromatic N) is 1. The standard InChI is InChI=1S/C10H17N3O3S/c1-16-7-8(6-11)13-10-9(17(2,14)15)4-3-5-12-10/h3-5,8H,6-7,11H2,1-2H3,(H,12,13). The lowest BCUT2D eigenvalue weighted by Gasteiger charge is -2.17. The quantitative estimate of drug-likeness (QED) is 0.739. The molecule has 0 bridgehead atoms. The van der Waals surface area contributed by atoms with Gasteiger partial charge in [-0.2, -0.15) is 0 Å². The molecule has 1 rings (SSSR count). The van der Waals surface area contributed by atoms with Gasteiger partial charge >= 0.3 is 0 Å². The molecule has 1 aromatic rings. The topological polar surface area (TPSA) is 94.3 Å². The molecule has 1 heterocycles. The van der Waals surface area contributed by atoms with E-state index in [0.29, 0.717) is 19.0 Å². The lowest BCUT2D eigenvalue weighted by atomic mass is 10.3. The number of nitrogens with two attached hydrogens (primary N) is 1. The number of hydrogen-bond acceptors (Lipinski definition) is 6. The Kier molecular flexibility index (Phi) is 4.86. The van der Waals surface area contributed by atoms with Gasteiger partial charge in [0.15, 0.2) is 9.84 Å². The first-order chi connectivity index (χ1) is 7.99. The van der Waals surface area contributed by atoms with Crippen molar-refractivity contribution in [3.63, 3.8) is 0 Å². The Morgan fingerprint density at radius 2 is 2.29 bits per heavy atom. The molecule has 17 heavy (non-hydrogen) atoms. The summed E-state index contributed by atoms with van der Waals surface area (Å²) in [4.78, 5) is 4.18. The van der Waals surface area contributed by atoms with Crippen molar-refractivity contribution in [2.45, 2.75) is 10.9 Å². The number of anilines is 1. The van der Waals surface area contributed by atoms with Crippen LogP contribution < -0.4 is 11.1 Å². The van der Waals surface area contributed by atoms with Crippen LogP contribution in [0.5, 0.6) is 0 Å². The Morgan fingerprint density at radius 3 is 2.82 bits per heavy atom. The van der Waals surface area contributed by atoms with Gasteiger partial charge in [0.05, 0.1) is 12.6 Å². The minimum absolute atomic E-state index is 0.162. The first-order valence-corrected chi connectivity index (χ1v) is 6.98. The van der Waals surface area contributed by atoms with Gasteiger partial charge in [-0.25, -0.2) is 13.4 Å². The third-order valence-electron chi connectivity index (χ3n) is 2.16. The van der Waals surface area contributed by atoms with E-state index in [-0.39, 0.29) is 10.9 Å². The molecule has 96 valence electrons. The number of ether oxygens (including phenoxy) is 1. The van der Waals surface area contributed by atoms with E-state index >= 15 is 0 Å². The summed E-state index contributed by atoms with van der Waals surface area (Å²) in [6.45, 7) is 0.712. The first-order valence-electron chi connectivity index (χ1n) is 5.09. The van der Waals surface area contributed by atoms with Gasteiger partial charge in [0.25, 0.3) is 0 Å². The van der Waals surface area contributed by atoms with E-state index in [2.05, 4.69) is 10.3 Å².